The summed E-state index contributed by atoms with van der Waals surface area (Å²) in [6.07, 6.45) is 1.05. The molecule has 0 unspecified atom stereocenters. The fraction of sp³-hybridized carbons (Fsp3) is 0.133. The van der Waals surface area contributed by atoms with Crippen LogP contribution in [0.5, 0.6) is 0 Å². The van der Waals surface area contributed by atoms with E-state index in [1.165, 1.54) is 11.3 Å². The van der Waals surface area contributed by atoms with Crippen molar-refractivity contribution in [3.8, 4) is 11.5 Å². The van der Waals surface area contributed by atoms with E-state index in [0.717, 1.165) is 24.0 Å². The lowest BCUT2D eigenvalue weighted by Gasteiger charge is -2.01. The molecule has 1 aliphatic heterocycles. The van der Waals surface area contributed by atoms with Crippen LogP contribution < -0.4 is 5.32 Å². The van der Waals surface area contributed by atoms with Crippen LogP contribution >= 0.6 is 11.6 Å². The van der Waals surface area contributed by atoms with Crippen molar-refractivity contribution in [2.24, 2.45) is 0 Å². The van der Waals surface area contributed by atoms with Gasteiger partial charge < -0.3 is 9.73 Å². The number of aromatic nitrogens is 1. The summed E-state index contributed by atoms with van der Waals surface area (Å²) >= 11 is 6.11. The lowest BCUT2D eigenvalue weighted by Crippen LogP contribution is -1.90. The monoisotopic (exact) mass is 270 g/mol. The highest BCUT2D eigenvalue weighted by molar-refractivity contribution is 6.34. The summed E-state index contributed by atoms with van der Waals surface area (Å²) < 4.78 is 5.78. The van der Waals surface area contributed by atoms with E-state index >= 15 is 0 Å². The molecule has 0 saturated carbocycles. The van der Waals surface area contributed by atoms with E-state index in [0.29, 0.717) is 16.5 Å². The van der Waals surface area contributed by atoms with Crippen LogP contribution in [-0.4, -0.2) is 11.5 Å². The number of hydrogen-bond acceptors (Lipinski definition) is 3. The van der Waals surface area contributed by atoms with Gasteiger partial charge in [0, 0.05) is 17.8 Å². The molecule has 2 heterocycles. The SMILES string of the molecule is Clc1cccc2nc(-c3ccc4c(c3)CCN4)oc12. The number of rotatable bonds is 1. The maximum atomic E-state index is 6.11. The molecule has 4 heteroatoms. The Kier molecular flexibility index (Phi) is 2.29. The zero-order valence-corrected chi connectivity index (χ0v) is 10.9. The molecule has 0 aliphatic carbocycles. The van der Waals surface area contributed by atoms with Gasteiger partial charge in [0.05, 0.1) is 5.02 Å². The number of hydrogen-bond donors (Lipinski definition) is 1. The van der Waals surface area contributed by atoms with Crippen molar-refractivity contribution in [1.29, 1.82) is 0 Å². The normalized spacial score (nSPS) is 13.5. The topological polar surface area (TPSA) is 38.1 Å². The molecule has 0 amide bonds. The predicted octanol–water partition coefficient (Wildman–Crippen LogP) is 4.12. The molecule has 0 atom stereocenters. The van der Waals surface area contributed by atoms with Gasteiger partial charge in [0.15, 0.2) is 5.58 Å². The van der Waals surface area contributed by atoms with E-state index < -0.39 is 0 Å². The van der Waals surface area contributed by atoms with E-state index in [-0.39, 0.29) is 0 Å². The fourth-order valence-corrected chi connectivity index (χ4v) is 2.68. The number of fused-ring (bicyclic) bond motifs is 2. The average molecular weight is 271 g/mol. The lowest BCUT2D eigenvalue weighted by atomic mass is 10.1. The van der Waals surface area contributed by atoms with Gasteiger partial charge in [0.1, 0.15) is 5.52 Å². The van der Waals surface area contributed by atoms with Gasteiger partial charge in [0.25, 0.3) is 0 Å². The molecule has 94 valence electrons. The Morgan fingerprint density at radius 2 is 2.16 bits per heavy atom. The number of benzene rings is 2. The van der Waals surface area contributed by atoms with Gasteiger partial charge in [-0.2, -0.15) is 0 Å². The highest BCUT2D eigenvalue weighted by Crippen LogP contribution is 2.32. The second kappa shape index (κ2) is 4.00. The summed E-state index contributed by atoms with van der Waals surface area (Å²) in [6, 6.07) is 11.8. The summed E-state index contributed by atoms with van der Waals surface area (Å²) in [5.74, 6) is 0.623. The number of anilines is 1. The van der Waals surface area contributed by atoms with Crippen LogP contribution in [0, 0.1) is 0 Å². The Morgan fingerprint density at radius 3 is 3.05 bits per heavy atom. The number of oxazole rings is 1. The van der Waals surface area contributed by atoms with Gasteiger partial charge in [-0.1, -0.05) is 17.7 Å². The maximum Gasteiger partial charge on any atom is 0.227 e. The van der Waals surface area contributed by atoms with E-state index in [4.69, 9.17) is 16.0 Å². The molecule has 2 aromatic carbocycles. The van der Waals surface area contributed by atoms with Crippen LogP contribution in [-0.2, 0) is 6.42 Å². The Morgan fingerprint density at radius 1 is 1.21 bits per heavy atom. The molecular formula is C15H11ClN2O. The largest absolute Gasteiger partial charge is 0.435 e. The van der Waals surface area contributed by atoms with Crippen molar-refractivity contribution in [2.45, 2.75) is 6.42 Å². The first-order valence-corrected chi connectivity index (χ1v) is 6.61. The second-order valence-corrected chi connectivity index (χ2v) is 5.06. The summed E-state index contributed by atoms with van der Waals surface area (Å²) in [5, 5.41) is 3.94. The molecule has 19 heavy (non-hydrogen) atoms. The van der Waals surface area contributed by atoms with E-state index in [1.54, 1.807) is 0 Å². The van der Waals surface area contributed by atoms with Crippen LogP contribution in [0.4, 0.5) is 5.69 Å². The van der Waals surface area contributed by atoms with Gasteiger partial charge in [-0.25, -0.2) is 4.98 Å². The standard InChI is InChI=1S/C15H11ClN2O/c16-11-2-1-3-13-14(11)19-15(18-13)10-4-5-12-9(8-10)6-7-17-12/h1-5,8,17H,6-7H2. The van der Waals surface area contributed by atoms with Crippen molar-refractivity contribution in [2.75, 3.05) is 11.9 Å². The van der Waals surface area contributed by atoms with E-state index in [1.807, 2.05) is 24.3 Å². The Labute approximate surface area is 115 Å². The van der Waals surface area contributed by atoms with E-state index in [9.17, 15) is 0 Å². The molecule has 1 aliphatic rings. The summed E-state index contributed by atoms with van der Waals surface area (Å²) in [7, 11) is 0. The Bertz CT molecular complexity index is 779. The molecule has 1 N–H and O–H groups in total. The van der Waals surface area contributed by atoms with Crippen LogP contribution in [0.1, 0.15) is 5.56 Å². The van der Waals surface area contributed by atoms with Gasteiger partial charge >= 0.3 is 0 Å². The van der Waals surface area contributed by atoms with Gasteiger partial charge in [-0.3, -0.25) is 0 Å². The van der Waals surface area contributed by atoms with Crippen LogP contribution in [0.2, 0.25) is 5.02 Å². The fourth-order valence-electron chi connectivity index (χ4n) is 2.48. The number of para-hydroxylation sites is 1. The summed E-state index contributed by atoms with van der Waals surface area (Å²) in [4.78, 5) is 4.50. The van der Waals surface area contributed by atoms with Crippen molar-refractivity contribution in [1.82, 2.24) is 4.98 Å². The average Bonchev–Trinajstić information content (AvgIpc) is 3.04. The maximum absolute atomic E-state index is 6.11. The third kappa shape index (κ3) is 1.70. The van der Waals surface area contributed by atoms with Crippen molar-refractivity contribution in [3.63, 3.8) is 0 Å². The number of nitrogens with zero attached hydrogens (tertiary/aromatic N) is 1. The molecule has 0 spiro atoms. The van der Waals surface area contributed by atoms with Crippen molar-refractivity contribution >= 4 is 28.4 Å². The smallest absolute Gasteiger partial charge is 0.227 e. The Hall–Kier alpha value is -2.00. The molecule has 0 saturated heterocycles. The highest BCUT2D eigenvalue weighted by atomic mass is 35.5. The lowest BCUT2D eigenvalue weighted by molar-refractivity contribution is 0.620. The van der Waals surface area contributed by atoms with E-state index in [2.05, 4.69) is 22.4 Å². The number of nitrogens with one attached hydrogen (secondary N) is 1. The van der Waals surface area contributed by atoms with Crippen molar-refractivity contribution < 1.29 is 4.42 Å². The van der Waals surface area contributed by atoms with Crippen LogP contribution in [0.15, 0.2) is 40.8 Å². The summed E-state index contributed by atoms with van der Waals surface area (Å²) in [5.41, 5.74) is 4.96. The minimum absolute atomic E-state index is 0.596. The minimum atomic E-state index is 0.596. The predicted molar refractivity (Wildman–Crippen MR) is 76.6 cm³/mol. The highest BCUT2D eigenvalue weighted by Gasteiger charge is 2.14. The second-order valence-electron chi connectivity index (χ2n) is 4.66. The molecule has 3 aromatic rings. The molecular weight excluding hydrogens is 260 g/mol. The molecule has 1 aromatic heterocycles. The van der Waals surface area contributed by atoms with Crippen molar-refractivity contribution in [3.05, 3.63) is 47.0 Å². The van der Waals surface area contributed by atoms with Gasteiger partial charge in [-0.15, -0.1) is 0 Å². The minimum Gasteiger partial charge on any atom is -0.435 e. The summed E-state index contributed by atoms with van der Waals surface area (Å²) in [6.45, 7) is 0.998. The number of halogens is 1. The first-order chi connectivity index (χ1) is 9.31. The first-order valence-electron chi connectivity index (χ1n) is 6.23. The molecule has 4 rings (SSSR count). The molecule has 0 radical (unpaired) electrons. The van der Waals surface area contributed by atoms with Crippen LogP contribution in [0.3, 0.4) is 0 Å². The van der Waals surface area contributed by atoms with Crippen LogP contribution in [0.25, 0.3) is 22.6 Å². The quantitative estimate of drug-likeness (QED) is 0.723. The van der Waals surface area contributed by atoms with Gasteiger partial charge in [0.2, 0.25) is 5.89 Å². The molecule has 0 bridgehead atoms. The van der Waals surface area contributed by atoms with Gasteiger partial charge in [-0.05, 0) is 42.3 Å². The Balaban J connectivity index is 1.88. The third-order valence-corrected chi connectivity index (χ3v) is 3.73. The molecule has 0 fully saturated rings. The molecule has 3 nitrogen and oxygen atoms in total. The third-order valence-electron chi connectivity index (χ3n) is 3.43. The zero-order chi connectivity index (χ0) is 12.8. The zero-order valence-electron chi connectivity index (χ0n) is 10.1. The first kappa shape index (κ1) is 10.9.